The van der Waals surface area contributed by atoms with Crippen molar-refractivity contribution < 1.29 is 0 Å². The number of hydrogen-bond acceptors (Lipinski definition) is 1. The minimum absolute atomic E-state index is 0.184. The molecule has 1 unspecified atom stereocenters. The first-order valence-electron chi connectivity index (χ1n) is 24.8. The number of nitrogens with zero attached hydrogens (tertiary/aromatic N) is 1. The monoisotopic (exact) mass is 889 g/mol. The Balaban J connectivity index is 1.05. The van der Waals surface area contributed by atoms with Gasteiger partial charge in [0.15, 0.2) is 0 Å². The number of benzene rings is 11. The standard InChI is InChI=1S/C69H47N/c1-67(2)57-30-15-11-26-50(57)53-40-37-47(42-62(53)67)70(48-38-41-54-51-27-12-16-31-58(51)68(63(54)43-48,45-21-5-3-6-22-45)46-23-7-4-8-24-46)64-35-19-34-61-65(64)56-29-14-18-33-60(56)69(61)59-32-17-13-28-52(59)55-39-36-44-20-9-10-25-49(44)66(55)69/h3-43H,1-2H3. The lowest BCUT2D eigenvalue weighted by Crippen LogP contribution is -2.28. The van der Waals surface area contributed by atoms with E-state index < -0.39 is 10.8 Å². The van der Waals surface area contributed by atoms with Crippen LogP contribution in [0.5, 0.6) is 0 Å². The SMILES string of the molecule is CC1(C)c2ccccc2-c2ccc(N(c3ccc4c(c3)C(c3ccccc3)(c3ccccc3)c3ccccc3-4)c3cccc4c3-c3ccccc3C43c4ccccc4-c4ccc5ccccc5c43)cc21. The van der Waals surface area contributed by atoms with Gasteiger partial charge < -0.3 is 4.90 Å². The maximum Gasteiger partial charge on any atom is 0.0732 e. The Morgan fingerprint density at radius 1 is 0.300 bits per heavy atom. The fraction of sp³-hybridized carbons (Fsp3) is 0.0725. The first-order valence-corrected chi connectivity index (χ1v) is 24.8. The molecule has 0 aromatic heterocycles. The zero-order chi connectivity index (χ0) is 46.3. The van der Waals surface area contributed by atoms with Crippen LogP contribution in [0.3, 0.4) is 0 Å². The van der Waals surface area contributed by atoms with E-state index in [1.807, 2.05) is 0 Å². The van der Waals surface area contributed by atoms with E-state index in [1.165, 1.54) is 117 Å². The number of fused-ring (bicyclic) bond motifs is 18. The van der Waals surface area contributed by atoms with Gasteiger partial charge in [-0.1, -0.05) is 232 Å². The largest absolute Gasteiger partial charge is 0.310 e. The third-order valence-electron chi connectivity index (χ3n) is 16.7. The molecule has 328 valence electrons. The van der Waals surface area contributed by atoms with Crippen molar-refractivity contribution in [3.8, 4) is 44.5 Å². The molecule has 0 fully saturated rings. The normalized spacial score (nSPS) is 16.4. The first-order chi connectivity index (χ1) is 34.5. The van der Waals surface area contributed by atoms with Crippen LogP contribution in [0.25, 0.3) is 55.3 Å². The molecule has 0 bridgehead atoms. The summed E-state index contributed by atoms with van der Waals surface area (Å²) >= 11 is 0. The van der Waals surface area contributed by atoms with Crippen molar-refractivity contribution in [3.05, 3.63) is 304 Å². The average molecular weight is 890 g/mol. The quantitative estimate of drug-likeness (QED) is 0.166. The van der Waals surface area contributed by atoms with Gasteiger partial charge in [0.2, 0.25) is 0 Å². The Hall–Kier alpha value is -8.52. The van der Waals surface area contributed by atoms with Crippen LogP contribution in [0.2, 0.25) is 0 Å². The molecule has 1 atom stereocenters. The molecule has 1 nitrogen and oxygen atoms in total. The third kappa shape index (κ3) is 4.91. The molecule has 15 rings (SSSR count). The fourth-order valence-electron chi connectivity index (χ4n) is 14.0. The summed E-state index contributed by atoms with van der Waals surface area (Å²) in [5, 5.41) is 2.57. The molecule has 4 aliphatic rings. The lowest BCUT2D eigenvalue weighted by molar-refractivity contribution is 0.660. The molecule has 4 aliphatic carbocycles. The Morgan fingerprint density at radius 3 is 1.43 bits per heavy atom. The van der Waals surface area contributed by atoms with Crippen LogP contribution in [0.15, 0.2) is 249 Å². The van der Waals surface area contributed by atoms with Crippen LogP contribution in [0.4, 0.5) is 17.1 Å². The molecule has 0 amide bonds. The highest BCUT2D eigenvalue weighted by Crippen LogP contribution is 2.66. The van der Waals surface area contributed by atoms with Gasteiger partial charge in [-0.15, -0.1) is 0 Å². The molecule has 11 aromatic rings. The van der Waals surface area contributed by atoms with Crippen LogP contribution < -0.4 is 4.90 Å². The number of anilines is 3. The Bertz CT molecular complexity index is 3950. The van der Waals surface area contributed by atoms with Crippen LogP contribution in [0, 0.1) is 0 Å². The van der Waals surface area contributed by atoms with Gasteiger partial charge in [-0.3, -0.25) is 0 Å². The Labute approximate surface area is 409 Å². The van der Waals surface area contributed by atoms with Crippen molar-refractivity contribution in [3.63, 3.8) is 0 Å². The van der Waals surface area contributed by atoms with Gasteiger partial charge in [0.25, 0.3) is 0 Å². The molecule has 1 heteroatoms. The zero-order valence-electron chi connectivity index (χ0n) is 39.1. The first kappa shape index (κ1) is 39.5. The summed E-state index contributed by atoms with van der Waals surface area (Å²) in [5.41, 5.74) is 25.8. The van der Waals surface area contributed by atoms with Gasteiger partial charge in [-0.2, -0.15) is 0 Å². The van der Waals surface area contributed by atoms with Gasteiger partial charge in [-0.05, 0) is 136 Å². The van der Waals surface area contributed by atoms with Gasteiger partial charge in [0, 0.05) is 22.4 Å². The Morgan fingerprint density at radius 2 is 0.757 bits per heavy atom. The number of hydrogen-bond donors (Lipinski definition) is 0. The fourth-order valence-corrected chi connectivity index (χ4v) is 14.0. The highest BCUT2D eigenvalue weighted by Gasteiger charge is 2.54. The highest BCUT2D eigenvalue weighted by molar-refractivity contribution is 6.06. The third-order valence-corrected chi connectivity index (χ3v) is 16.7. The Kier molecular flexibility index (Phi) is 8.04. The van der Waals surface area contributed by atoms with Crippen molar-refractivity contribution in [1.82, 2.24) is 0 Å². The van der Waals surface area contributed by atoms with Gasteiger partial charge in [-0.25, -0.2) is 0 Å². The smallest absolute Gasteiger partial charge is 0.0732 e. The van der Waals surface area contributed by atoms with Gasteiger partial charge >= 0.3 is 0 Å². The summed E-state index contributed by atoms with van der Waals surface area (Å²) in [6.45, 7) is 4.79. The molecular formula is C69H47N. The zero-order valence-corrected chi connectivity index (χ0v) is 39.1. The van der Waals surface area contributed by atoms with E-state index in [1.54, 1.807) is 0 Å². The molecule has 70 heavy (non-hydrogen) atoms. The lowest BCUT2D eigenvalue weighted by Gasteiger charge is -2.35. The van der Waals surface area contributed by atoms with E-state index >= 15 is 0 Å². The topological polar surface area (TPSA) is 3.24 Å². The summed E-state index contributed by atoms with van der Waals surface area (Å²) in [4.78, 5) is 2.60. The van der Waals surface area contributed by atoms with E-state index in [0.717, 1.165) is 11.4 Å². The molecule has 0 heterocycles. The van der Waals surface area contributed by atoms with Crippen molar-refractivity contribution in [2.24, 2.45) is 0 Å². The summed E-state index contributed by atoms with van der Waals surface area (Å²) in [6, 6.07) is 94.4. The van der Waals surface area contributed by atoms with Crippen LogP contribution in [0.1, 0.15) is 69.5 Å². The molecule has 1 spiro atoms. The van der Waals surface area contributed by atoms with Crippen molar-refractivity contribution in [1.29, 1.82) is 0 Å². The molecule has 0 N–H and O–H groups in total. The van der Waals surface area contributed by atoms with E-state index in [9.17, 15) is 0 Å². The second-order valence-electron chi connectivity index (χ2n) is 20.2. The summed E-state index contributed by atoms with van der Waals surface area (Å²) in [7, 11) is 0. The summed E-state index contributed by atoms with van der Waals surface area (Å²) < 4.78 is 0. The highest BCUT2D eigenvalue weighted by atomic mass is 15.1. The van der Waals surface area contributed by atoms with E-state index in [2.05, 4.69) is 267 Å². The summed E-state index contributed by atoms with van der Waals surface area (Å²) in [5.74, 6) is 0. The van der Waals surface area contributed by atoms with Crippen LogP contribution in [-0.2, 0) is 16.2 Å². The summed E-state index contributed by atoms with van der Waals surface area (Å²) in [6.07, 6.45) is 0. The molecule has 0 radical (unpaired) electrons. The average Bonchev–Trinajstić information content (AvgIpc) is 4.08. The molecule has 0 saturated carbocycles. The van der Waals surface area contributed by atoms with Crippen LogP contribution in [-0.4, -0.2) is 0 Å². The van der Waals surface area contributed by atoms with Crippen molar-refractivity contribution >= 4 is 27.8 Å². The second kappa shape index (κ2) is 14.3. The van der Waals surface area contributed by atoms with Crippen molar-refractivity contribution in [2.75, 3.05) is 4.90 Å². The molecule has 0 aliphatic heterocycles. The second-order valence-corrected chi connectivity index (χ2v) is 20.2. The van der Waals surface area contributed by atoms with E-state index in [0.29, 0.717) is 0 Å². The van der Waals surface area contributed by atoms with Gasteiger partial charge in [0.05, 0.1) is 16.5 Å². The molecular weight excluding hydrogens is 843 g/mol. The predicted molar refractivity (Wildman–Crippen MR) is 290 cm³/mol. The van der Waals surface area contributed by atoms with Crippen molar-refractivity contribution in [2.45, 2.75) is 30.1 Å². The predicted octanol–water partition coefficient (Wildman–Crippen LogP) is 17.3. The van der Waals surface area contributed by atoms with Gasteiger partial charge in [0.1, 0.15) is 0 Å². The molecule has 11 aromatic carbocycles. The maximum absolute atomic E-state index is 2.60. The lowest BCUT2D eigenvalue weighted by atomic mass is 9.67. The molecule has 0 saturated heterocycles. The number of rotatable bonds is 5. The van der Waals surface area contributed by atoms with E-state index in [4.69, 9.17) is 0 Å². The minimum Gasteiger partial charge on any atom is -0.310 e. The van der Waals surface area contributed by atoms with Crippen LogP contribution >= 0.6 is 0 Å². The van der Waals surface area contributed by atoms with E-state index in [-0.39, 0.29) is 5.41 Å². The minimum atomic E-state index is -0.550. The maximum atomic E-state index is 2.60.